The fourth-order valence-electron chi connectivity index (χ4n) is 2.89. The molecule has 2 aliphatic heterocycles. The number of fused-ring (bicyclic) bond motifs is 2. The number of benzene rings is 1. The molecule has 0 saturated heterocycles. The Labute approximate surface area is 134 Å². The molecule has 1 aromatic carbocycles. The molecular weight excluding hydrogens is 298 g/mol. The molecule has 1 atom stereocenters. The first-order valence-corrected chi connectivity index (χ1v) is 7.90. The molecule has 0 spiro atoms. The highest BCUT2D eigenvalue weighted by atomic mass is 16.6. The Morgan fingerprint density at radius 2 is 2.04 bits per heavy atom. The fraction of sp³-hybridized carbons (Fsp3) is 0.500. The van der Waals surface area contributed by atoms with Gasteiger partial charge in [0.1, 0.15) is 19.3 Å². The van der Waals surface area contributed by atoms with E-state index in [1.165, 1.54) is 0 Å². The van der Waals surface area contributed by atoms with Crippen molar-refractivity contribution in [2.45, 2.75) is 32.2 Å². The summed E-state index contributed by atoms with van der Waals surface area (Å²) in [6.07, 6.45) is 1.47. The van der Waals surface area contributed by atoms with Crippen LogP contribution in [0.2, 0.25) is 0 Å². The van der Waals surface area contributed by atoms with Crippen LogP contribution >= 0.6 is 0 Å². The van der Waals surface area contributed by atoms with Gasteiger partial charge in [-0.3, -0.25) is 9.59 Å². The maximum absolute atomic E-state index is 12.6. The lowest BCUT2D eigenvalue weighted by Gasteiger charge is -2.36. The number of ether oxygens (including phenoxy) is 2. The predicted octanol–water partition coefficient (Wildman–Crippen LogP) is 1.26. The highest BCUT2D eigenvalue weighted by molar-refractivity contribution is 6.05. The Morgan fingerprint density at radius 3 is 2.70 bits per heavy atom. The van der Waals surface area contributed by atoms with Gasteiger partial charge in [-0.25, -0.2) is 0 Å². The molecule has 0 aliphatic carbocycles. The van der Waals surface area contributed by atoms with Crippen LogP contribution in [0.5, 0.6) is 11.5 Å². The maximum Gasteiger partial charge on any atom is 0.249 e. The summed E-state index contributed by atoms with van der Waals surface area (Å²) >= 11 is 0. The Bertz CT molecular complexity index is 632. The summed E-state index contributed by atoms with van der Waals surface area (Å²) < 4.78 is 11.2. The van der Waals surface area contributed by atoms with Gasteiger partial charge < -0.3 is 25.4 Å². The molecule has 0 saturated carbocycles. The van der Waals surface area contributed by atoms with E-state index in [2.05, 4.69) is 5.32 Å². The highest BCUT2D eigenvalue weighted by Gasteiger charge is 2.32. The van der Waals surface area contributed by atoms with Crippen molar-refractivity contribution in [1.29, 1.82) is 0 Å². The number of nitrogens with one attached hydrogen (secondary N) is 1. The van der Waals surface area contributed by atoms with Crippen LogP contribution in [0.4, 0.5) is 11.4 Å². The molecule has 3 rings (SSSR count). The number of nitrogens with zero attached hydrogens (tertiary/aromatic N) is 1. The van der Waals surface area contributed by atoms with E-state index in [9.17, 15) is 9.59 Å². The molecule has 0 aromatic heterocycles. The summed E-state index contributed by atoms with van der Waals surface area (Å²) in [4.78, 5) is 25.3. The number of anilines is 2. The lowest BCUT2D eigenvalue weighted by atomic mass is 10.1. The van der Waals surface area contributed by atoms with Gasteiger partial charge in [-0.05, 0) is 12.8 Å². The van der Waals surface area contributed by atoms with Crippen molar-refractivity contribution >= 4 is 23.2 Å². The van der Waals surface area contributed by atoms with Crippen LogP contribution < -0.4 is 25.4 Å². The molecule has 124 valence electrons. The second-order valence-corrected chi connectivity index (χ2v) is 5.68. The van der Waals surface area contributed by atoms with E-state index in [0.717, 1.165) is 11.4 Å². The van der Waals surface area contributed by atoms with Crippen molar-refractivity contribution in [2.75, 3.05) is 30.0 Å². The number of nitrogens with two attached hydrogens (primary N) is 1. The van der Waals surface area contributed by atoms with Gasteiger partial charge in [0, 0.05) is 25.1 Å². The van der Waals surface area contributed by atoms with Gasteiger partial charge in [0.05, 0.1) is 11.4 Å². The summed E-state index contributed by atoms with van der Waals surface area (Å²) in [7, 11) is 0. The van der Waals surface area contributed by atoms with Gasteiger partial charge in [-0.1, -0.05) is 6.92 Å². The van der Waals surface area contributed by atoms with Gasteiger partial charge in [0.2, 0.25) is 11.8 Å². The second kappa shape index (κ2) is 6.36. The van der Waals surface area contributed by atoms with Crippen molar-refractivity contribution in [1.82, 2.24) is 0 Å². The number of primary amides is 1. The minimum Gasteiger partial charge on any atom is -0.486 e. The summed E-state index contributed by atoms with van der Waals surface area (Å²) in [6, 6.07) is 3.42. The lowest BCUT2D eigenvalue weighted by Crippen LogP contribution is -2.47. The Morgan fingerprint density at radius 1 is 1.35 bits per heavy atom. The number of rotatable bonds is 5. The molecule has 0 bridgehead atoms. The molecule has 23 heavy (non-hydrogen) atoms. The summed E-state index contributed by atoms with van der Waals surface area (Å²) in [5, 5.41) is 3.26. The molecule has 2 aliphatic rings. The SMILES string of the molecule is CCC1Nc2cc3c(cc2N(CCCC(N)=O)C1=O)OCCO3. The maximum atomic E-state index is 12.6. The van der Waals surface area contributed by atoms with Gasteiger partial charge in [0.25, 0.3) is 0 Å². The summed E-state index contributed by atoms with van der Waals surface area (Å²) in [6.45, 7) is 3.42. The molecule has 0 radical (unpaired) electrons. The Kier molecular flexibility index (Phi) is 4.27. The second-order valence-electron chi connectivity index (χ2n) is 5.68. The first kappa shape index (κ1) is 15.5. The Hall–Kier alpha value is -2.44. The van der Waals surface area contributed by atoms with Gasteiger partial charge >= 0.3 is 0 Å². The largest absolute Gasteiger partial charge is 0.486 e. The molecule has 0 fully saturated rings. The molecule has 1 aromatic rings. The molecule has 2 heterocycles. The normalized spacial score (nSPS) is 19.1. The zero-order chi connectivity index (χ0) is 16.4. The number of carbonyl (C=O) groups is 2. The van der Waals surface area contributed by atoms with Crippen molar-refractivity contribution in [3.05, 3.63) is 12.1 Å². The monoisotopic (exact) mass is 319 g/mol. The average molecular weight is 319 g/mol. The first-order chi connectivity index (χ1) is 11.1. The number of amides is 2. The van der Waals surface area contributed by atoms with Crippen molar-refractivity contribution in [2.24, 2.45) is 5.73 Å². The van der Waals surface area contributed by atoms with E-state index >= 15 is 0 Å². The zero-order valence-electron chi connectivity index (χ0n) is 13.1. The van der Waals surface area contributed by atoms with Crippen LogP contribution in [0.15, 0.2) is 12.1 Å². The first-order valence-electron chi connectivity index (χ1n) is 7.90. The molecule has 3 N–H and O–H groups in total. The summed E-state index contributed by atoms with van der Waals surface area (Å²) in [5.41, 5.74) is 6.80. The van der Waals surface area contributed by atoms with Crippen molar-refractivity contribution < 1.29 is 19.1 Å². The van der Waals surface area contributed by atoms with E-state index in [1.807, 2.05) is 19.1 Å². The minimum atomic E-state index is -0.359. The van der Waals surface area contributed by atoms with Crippen molar-refractivity contribution in [3.63, 3.8) is 0 Å². The molecule has 2 amide bonds. The van der Waals surface area contributed by atoms with Gasteiger partial charge in [-0.2, -0.15) is 0 Å². The average Bonchev–Trinajstić information content (AvgIpc) is 2.54. The van der Waals surface area contributed by atoms with E-state index in [-0.39, 0.29) is 24.3 Å². The fourth-order valence-corrected chi connectivity index (χ4v) is 2.89. The molecular formula is C16H21N3O4. The Balaban J connectivity index is 1.91. The molecule has 1 unspecified atom stereocenters. The van der Waals surface area contributed by atoms with Crippen LogP contribution in [0, 0.1) is 0 Å². The van der Waals surface area contributed by atoms with Crippen LogP contribution in [-0.2, 0) is 9.59 Å². The number of hydrogen-bond acceptors (Lipinski definition) is 5. The van der Waals surface area contributed by atoms with Gasteiger partial charge in [-0.15, -0.1) is 0 Å². The van der Waals surface area contributed by atoms with E-state index in [0.29, 0.717) is 44.1 Å². The smallest absolute Gasteiger partial charge is 0.249 e. The lowest BCUT2D eigenvalue weighted by molar-refractivity contribution is -0.120. The third-order valence-electron chi connectivity index (χ3n) is 4.06. The third kappa shape index (κ3) is 3.04. The molecule has 7 heteroatoms. The minimum absolute atomic E-state index is 0.00106. The summed E-state index contributed by atoms with van der Waals surface area (Å²) in [5.74, 6) is 0.964. The zero-order valence-corrected chi connectivity index (χ0v) is 13.1. The topological polar surface area (TPSA) is 93.9 Å². The number of carbonyl (C=O) groups excluding carboxylic acids is 2. The van der Waals surface area contributed by atoms with Crippen LogP contribution in [0.25, 0.3) is 0 Å². The molecule has 7 nitrogen and oxygen atoms in total. The van der Waals surface area contributed by atoms with Crippen LogP contribution in [0.3, 0.4) is 0 Å². The van der Waals surface area contributed by atoms with E-state index in [4.69, 9.17) is 15.2 Å². The van der Waals surface area contributed by atoms with Gasteiger partial charge in [0.15, 0.2) is 11.5 Å². The van der Waals surface area contributed by atoms with Crippen LogP contribution in [0.1, 0.15) is 26.2 Å². The van der Waals surface area contributed by atoms with E-state index in [1.54, 1.807) is 4.90 Å². The van der Waals surface area contributed by atoms with Crippen LogP contribution in [-0.4, -0.2) is 37.6 Å². The van der Waals surface area contributed by atoms with Crippen molar-refractivity contribution in [3.8, 4) is 11.5 Å². The van der Waals surface area contributed by atoms with E-state index < -0.39 is 0 Å². The predicted molar refractivity (Wildman–Crippen MR) is 85.9 cm³/mol. The number of hydrogen-bond donors (Lipinski definition) is 2. The quantitative estimate of drug-likeness (QED) is 0.852. The standard InChI is InChI=1S/C16H21N3O4/c1-2-10-16(21)19(5-3-4-15(17)20)12-9-14-13(8-11(12)18-10)22-6-7-23-14/h8-10,18H,2-7H2,1H3,(H2,17,20). The third-order valence-corrected chi connectivity index (χ3v) is 4.06. The highest BCUT2D eigenvalue weighted by Crippen LogP contribution is 2.42.